The van der Waals surface area contributed by atoms with Crippen molar-refractivity contribution in [2.45, 2.75) is 37.6 Å². The number of fused-ring (bicyclic) bond motifs is 1. The molecule has 1 unspecified atom stereocenters. The molecule has 2 aliphatic heterocycles. The Labute approximate surface area is 80.8 Å². The first-order chi connectivity index (χ1) is 6.59. The van der Waals surface area contributed by atoms with Crippen LogP contribution in [0.4, 0.5) is 0 Å². The van der Waals surface area contributed by atoms with Gasteiger partial charge in [-0.05, 0) is 0 Å². The van der Waals surface area contributed by atoms with Gasteiger partial charge in [0.2, 0.25) is 5.91 Å². The molecule has 0 radical (unpaired) electrons. The third kappa shape index (κ3) is 1.50. The molecule has 0 saturated carbocycles. The number of hydrogen-bond acceptors (Lipinski definition) is 5. The molecular weight excluding hydrogens is 190 g/mol. The number of aliphatic hydroxyl groups excluding tert-OH is 2. The van der Waals surface area contributed by atoms with E-state index in [0.29, 0.717) is 0 Å². The molecule has 0 bridgehead atoms. The topological polar surface area (TPSA) is 88.0 Å². The highest BCUT2D eigenvalue weighted by molar-refractivity contribution is 5.73. The molecule has 80 valence electrons. The van der Waals surface area contributed by atoms with E-state index in [-0.39, 0.29) is 12.5 Å². The largest absolute Gasteiger partial charge is 0.388 e. The van der Waals surface area contributed by atoms with E-state index in [1.54, 1.807) is 0 Å². The smallest absolute Gasteiger partial charge is 0.217 e. The number of carbonyl (C=O) groups excluding carboxylic acids is 1. The number of aliphatic hydroxyl groups is 2. The third-order valence-corrected chi connectivity index (χ3v) is 2.49. The lowest BCUT2D eigenvalue weighted by Crippen LogP contribution is -2.46. The number of amides is 1. The summed E-state index contributed by atoms with van der Waals surface area (Å²) in [6, 6.07) is -0.588. The molecule has 0 aromatic rings. The summed E-state index contributed by atoms with van der Waals surface area (Å²) in [7, 11) is 0. The SMILES string of the molecule is CC(=O)N[C@@H]1C(O)O[C@@H]2[C@H]1OC[C@H]2O. The summed E-state index contributed by atoms with van der Waals surface area (Å²) in [6.07, 6.45) is -2.83. The van der Waals surface area contributed by atoms with Gasteiger partial charge in [0.1, 0.15) is 24.4 Å². The summed E-state index contributed by atoms with van der Waals surface area (Å²) >= 11 is 0. The number of nitrogens with one attached hydrogen (secondary N) is 1. The molecular formula is C8H13NO5. The summed E-state index contributed by atoms with van der Waals surface area (Å²) in [5.74, 6) is -0.261. The van der Waals surface area contributed by atoms with Crippen molar-refractivity contribution in [3.8, 4) is 0 Å². The van der Waals surface area contributed by atoms with Crippen molar-refractivity contribution >= 4 is 5.91 Å². The second-order valence-electron chi connectivity index (χ2n) is 3.58. The maximum absolute atomic E-state index is 10.8. The quantitative estimate of drug-likeness (QED) is 0.457. The van der Waals surface area contributed by atoms with Crippen LogP contribution in [0, 0.1) is 0 Å². The molecule has 14 heavy (non-hydrogen) atoms. The van der Waals surface area contributed by atoms with Gasteiger partial charge in [-0.15, -0.1) is 0 Å². The van der Waals surface area contributed by atoms with E-state index in [9.17, 15) is 15.0 Å². The average molecular weight is 203 g/mol. The lowest BCUT2D eigenvalue weighted by Gasteiger charge is -2.18. The van der Waals surface area contributed by atoms with Gasteiger partial charge in [0.15, 0.2) is 6.29 Å². The summed E-state index contributed by atoms with van der Waals surface area (Å²) < 4.78 is 10.3. The van der Waals surface area contributed by atoms with E-state index in [1.807, 2.05) is 0 Å². The lowest BCUT2D eigenvalue weighted by molar-refractivity contribution is -0.133. The van der Waals surface area contributed by atoms with Crippen LogP contribution in [-0.2, 0) is 14.3 Å². The molecule has 2 rings (SSSR count). The van der Waals surface area contributed by atoms with E-state index >= 15 is 0 Å². The van der Waals surface area contributed by atoms with Gasteiger partial charge in [0, 0.05) is 6.92 Å². The summed E-state index contributed by atoms with van der Waals surface area (Å²) in [5, 5.41) is 21.4. The van der Waals surface area contributed by atoms with Crippen LogP contribution in [0.2, 0.25) is 0 Å². The predicted molar refractivity (Wildman–Crippen MR) is 44.2 cm³/mol. The van der Waals surface area contributed by atoms with Crippen LogP contribution in [-0.4, -0.2) is 53.4 Å². The zero-order chi connectivity index (χ0) is 10.3. The van der Waals surface area contributed by atoms with Crippen LogP contribution in [0.3, 0.4) is 0 Å². The lowest BCUT2D eigenvalue weighted by atomic mass is 10.1. The average Bonchev–Trinajstić information content (AvgIpc) is 2.57. The first kappa shape index (κ1) is 9.85. The van der Waals surface area contributed by atoms with Crippen LogP contribution >= 0.6 is 0 Å². The van der Waals surface area contributed by atoms with Crippen LogP contribution in [0.1, 0.15) is 6.92 Å². The molecule has 3 N–H and O–H groups in total. The zero-order valence-electron chi connectivity index (χ0n) is 7.71. The van der Waals surface area contributed by atoms with Crippen molar-refractivity contribution in [1.82, 2.24) is 5.32 Å². The predicted octanol–water partition coefficient (Wildman–Crippen LogP) is -2.03. The summed E-state index contributed by atoms with van der Waals surface area (Å²) in [5.41, 5.74) is 0. The highest BCUT2D eigenvalue weighted by Crippen LogP contribution is 2.30. The van der Waals surface area contributed by atoms with E-state index in [2.05, 4.69) is 5.32 Å². The Hall–Kier alpha value is -0.690. The standard InChI is InChI=1S/C8H13NO5/c1-3(10)9-5-7-6(14-8(5)12)4(11)2-13-7/h4-8,11-12H,2H2,1H3,(H,9,10)/t4-,5+,6+,7+,8?/m1/s1. The van der Waals surface area contributed by atoms with Crippen molar-refractivity contribution in [3.63, 3.8) is 0 Å². The fourth-order valence-electron chi connectivity index (χ4n) is 1.89. The van der Waals surface area contributed by atoms with Gasteiger partial charge in [0.05, 0.1) is 6.61 Å². The molecule has 0 aromatic heterocycles. The third-order valence-electron chi connectivity index (χ3n) is 2.49. The van der Waals surface area contributed by atoms with E-state index in [0.717, 1.165) is 0 Å². The Morgan fingerprint density at radius 3 is 2.79 bits per heavy atom. The molecule has 2 heterocycles. The van der Waals surface area contributed by atoms with Crippen LogP contribution in [0.5, 0.6) is 0 Å². The first-order valence-electron chi connectivity index (χ1n) is 4.50. The van der Waals surface area contributed by atoms with Crippen LogP contribution in [0.25, 0.3) is 0 Å². The van der Waals surface area contributed by atoms with Gasteiger partial charge < -0.3 is 25.0 Å². The minimum Gasteiger partial charge on any atom is -0.388 e. The van der Waals surface area contributed by atoms with Gasteiger partial charge >= 0.3 is 0 Å². The number of carbonyl (C=O) groups is 1. The zero-order valence-corrected chi connectivity index (χ0v) is 7.71. The van der Waals surface area contributed by atoms with E-state index < -0.39 is 30.6 Å². The highest BCUT2D eigenvalue weighted by Gasteiger charge is 2.52. The Bertz CT molecular complexity index is 246. The van der Waals surface area contributed by atoms with Gasteiger partial charge in [-0.25, -0.2) is 0 Å². The minimum atomic E-state index is -1.11. The monoisotopic (exact) mass is 203 g/mol. The second-order valence-corrected chi connectivity index (χ2v) is 3.58. The van der Waals surface area contributed by atoms with Crippen molar-refractivity contribution in [2.24, 2.45) is 0 Å². The molecule has 6 nitrogen and oxygen atoms in total. The van der Waals surface area contributed by atoms with E-state index in [1.165, 1.54) is 6.92 Å². The minimum absolute atomic E-state index is 0.179. The maximum atomic E-state index is 10.8. The Balaban J connectivity index is 2.07. The van der Waals surface area contributed by atoms with Crippen molar-refractivity contribution in [1.29, 1.82) is 0 Å². The Morgan fingerprint density at radius 1 is 1.43 bits per heavy atom. The van der Waals surface area contributed by atoms with Crippen molar-refractivity contribution in [3.05, 3.63) is 0 Å². The molecule has 1 amide bonds. The fraction of sp³-hybridized carbons (Fsp3) is 0.875. The van der Waals surface area contributed by atoms with Crippen LogP contribution < -0.4 is 5.32 Å². The number of ether oxygens (including phenoxy) is 2. The van der Waals surface area contributed by atoms with Crippen LogP contribution in [0.15, 0.2) is 0 Å². The van der Waals surface area contributed by atoms with Gasteiger partial charge in [-0.2, -0.15) is 0 Å². The van der Waals surface area contributed by atoms with Crippen molar-refractivity contribution < 1.29 is 24.5 Å². The molecule has 5 atom stereocenters. The maximum Gasteiger partial charge on any atom is 0.217 e. The molecule has 0 spiro atoms. The van der Waals surface area contributed by atoms with Gasteiger partial charge in [-0.3, -0.25) is 4.79 Å². The first-order valence-corrected chi connectivity index (χ1v) is 4.50. The second kappa shape index (κ2) is 3.47. The number of rotatable bonds is 1. The molecule has 0 aromatic carbocycles. The number of hydrogen-bond donors (Lipinski definition) is 3. The summed E-state index contributed by atoms with van der Waals surface area (Å²) in [4.78, 5) is 10.8. The van der Waals surface area contributed by atoms with Crippen molar-refractivity contribution in [2.75, 3.05) is 6.61 Å². The molecule has 2 aliphatic rings. The molecule has 2 fully saturated rings. The fourth-order valence-corrected chi connectivity index (χ4v) is 1.89. The van der Waals surface area contributed by atoms with Gasteiger partial charge in [0.25, 0.3) is 0 Å². The van der Waals surface area contributed by atoms with E-state index in [4.69, 9.17) is 9.47 Å². The molecule has 2 saturated heterocycles. The Morgan fingerprint density at radius 2 is 2.14 bits per heavy atom. The molecule has 6 heteroatoms. The normalized spacial score (nSPS) is 46.4. The molecule has 0 aliphatic carbocycles. The highest BCUT2D eigenvalue weighted by atomic mass is 16.7. The van der Waals surface area contributed by atoms with Gasteiger partial charge in [-0.1, -0.05) is 0 Å². The summed E-state index contributed by atoms with van der Waals surface area (Å²) in [6.45, 7) is 1.53. The Kier molecular flexibility index (Phi) is 2.44.